The quantitative estimate of drug-likeness (QED) is 0.758. The zero-order chi connectivity index (χ0) is 10.1. The minimum Gasteiger partial charge on any atom is -0.472 e. The normalized spacial score (nSPS) is 21.5. The summed E-state index contributed by atoms with van der Waals surface area (Å²) in [4.78, 5) is 0. The van der Waals surface area contributed by atoms with Gasteiger partial charge in [-0.1, -0.05) is 0 Å². The number of hydrogen-bond acceptors (Lipinski definition) is 3. The van der Waals surface area contributed by atoms with Crippen LogP contribution in [0.5, 0.6) is 5.88 Å². The number of hydrogen-bond donors (Lipinski definition) is 1. The van der Waals surface area contributed by atoms with Gasteiger partial charge in [-0.25, -0.2) is 0 Å². The second kappa shape index (κ2) is 3.61. The van der Waals surface area contributed by atoms with Crippen LogP contribution < -0.4 is 10.1 Å². The summed E-state index contributed by atoms with van der Waals surface area (Å²) in [5.74, 6) is 0.790. The summed E-state index contributed by atoms with van der Waals surface area (Å²) in [7, 11) is 1.95. The highest BCUT2D eigenvalue weighted by atomic mass is 16.5. The van der Waals surface area contributed by atoms with Crippen LogP contribution in [0.1, 0.15) is 17.7 Å². The molecular weight excluding hydrogens is 178 g/mol. The van der Waals surface area contributed by atoms with Crippen molar-refractivity contribution in [3.63, 3.8) is 0 Å². The number of nitrogens with zero attached hydrogens (tertiary/aromatic N) is 2. The Morgan fingerprint density at radius 3 is 2.79 bits per heavy atom. The molecule has 78 valence electrons. The fourth-order valence-electron chi connectivity index (χ4n) is 1.68. The fourth-order valence-corrected chi connectivity index (χ4v) is 1.68. The lowest BCUT2D eigenvalue weighted by Gasteiger charge is -2.09. The van der Waals surface area contributed by atoms with Crippen molar-refractivity contribution in [1.82, 2.24) is 15.1 Å². The van der Waals surface area contributed by atoms with E-state index in [0.29, 0.717) is 6.10 Å². The van der Waals surface area contributed by atoms with Gasteiger partial charge in [-0.2, -0.15) is 0 Å². The summed E-state index contributed by atoms with van der Waals surface area (Å²) in [5.41, 5.74) is 2.32. The number of ether oxygens (including phenoxy) is 1. The van der Waals surface area contributed by atoms with Gasteiger partial charge in [-0.05, 0) is 26.8 Å². The number of aromatic nitrogens is 2. The smallest absolute Gasteiger partial charge is 0.236 e. The molecule has 1 aliphatic rings. The lowest BCUT2D eigenvalue weighted by Crippen LogP contribution is -2.20. The van der Waals surface area contributed by atoms with E-state index in [-0.39, 0.29) is 0 Å². The molecule has 1 fully saturated rings. The summed E-state index contributed by atoms with van der Waals surface area (Å²) >= 11 is 0. The van der Waals surface area contributed by atoms with E-state index in [2.05, 4.69) is 24.3 Å². The fraction of sp³-hybridized carbons (Fsp3) is 0.700. The van der Waals surface area contributed by atoms with E-state index >= 15 is 0 Å². The van der Waals surface area contributed by atoms with E-state index in [1.165, 1.54) is 5.69 Å². The van der Waals surface area contributed by atoms with Gasteiger partial charge in [0.2, 0.25) is 5.88 Å². The Balaban J connectivity index is 2.12. The van der Waals surface area contributed by atoms with E-state index in [4.69, 9.17) is 4.74 Å². The molecule has 0 aliphatic carbocycles. The molecule has 0 amide bonds. The first-order valence-electron chi connectivity index (χ1n) is 5.06. The monoisotopic (exact) mass is 195 g/mol. The Morgan fingerprint density at radius 2 is 2.29 bits per heavy atom. The van der Waals surface area contributed by atoms with Crippen molar-refractivity contribution in [2.24, 2.45) is 7.05 Å². The highest BCUT2D eigenvalue weighted by Crippen LogP contribution is 2.21. The summed E-state index contributed by atoms with van der Waals surface area (Å²) in [6, 6.07) is 0. The molecule has 0 radical (unpaired) electrons. The maximum atomic E-state index is 5.81. The van der Waals surface area contributed by atoms with Crippen molar-refractivity contribution in [3.8, 4) is 5.88 Å². The van der Waals surface area contributed by atoms with Crippen LogP contribution in [0.15, 0.2) is 0 Å². The molecule has 1 atom stereocenters. The molecule has 1 aliphatic heterocycles. The van der Waals surface area contributed by atoms with Crippen molar-refractivity contribution in [1.29, 1.82) is 0 Å². The van der Waals surface area contributed by atoms with Gasteiger partial charge >= 0.3 is 0 Å². The first kappa shape index (κ1) is 9.52. The molecule has 1 aromatic heterocycles. The predicted octanol–water partition coefficient (Wildman–Crippen LogP) is 0.778. The lowest BCUT2D eigenvalue weighted by atomic mass is 10.3. The van der Waals surface area contributed by atoms with Gasteiger partial charge in [0.05, 0.1) is 0 Å². The SMILES string of the molecule is Cc1c(O[C@H]2CCNC2)nn(C)c1C. The van der Waals surface area contributed by atoms with Crippen molar-refractivity contribution in [2.75, 3.05) is 13.1 Å². The van der Waals surface area contributed by atoms with Crippen molar-refractivity contribution in [2.45, 2.75) is 26.4 Å². The Hall–Kier alpha value is -1.03. The molecule has 1 saturated heterocycles. The second-order valence-electron chi connectivity index (χ2n) is 3.87. The second-order valence-corrected chi connectivity index (χ2v) is 3.87. The molecule has 0 spiro atoms. The molecule has 14 heavy (non-hydrogen) atoms. The van der Waals surface area contributed by atoms with Gasteiger partial charge in [0.25, 0.3) is 0 Å². The molecule has 4 heteroatoms. The summed E-state index contributed by atoms with van der Waals surface area (Å²) in [6.07, 6.45) is 1.37. The van der Waals surface area contributed by atoms with Gasteiger partial charge in [0.15, 0.2) is 0 Å². The third-order valence-electron chi connectivity index (χ3n) is 2.88. The van der Waals surface area contributed by atoms with E-state index in [0.717, 1.165) is 31.0 Å². The highest BCUT2D eigenvalue weighted by Gasteiger charge is 2.19. The van der Waals surface area contributed by atoms with E-state index in [1.807, 2.05) is 11.7 Å². The minimum absolute atomic E-state index is 0.294. The molecule has 4 nitrogen and oxygen atoms in total. The average Bonchev–Trinajstić information content (AvgIpc) is 2.73. The van der Waals surface area contributed by atoms with E-state index in [1.54, 1.807) is 0 Å². The Morgan fingerprint density at radius 1 is 1.50 bits per heavy atom. The zero-order valence-electron chi connectivity index (χ0n) is 9.00. The maximum absolute atomic E-state index is 5.81. The van der Waals surface area contributed by atoms with Gasteiger partial charge in [-0.3, -0.25) is 4.68 Å². The largest absolute Gasteiger partial charge is 0.472 e. The van der Waals surface area contributed by atoms with E-state index in [9.17, 15) is 0 Å². The molecule has 1 aromatic rings. The van der Waals surface area contributed by atoms with Crippen LogP contribution in [0.25, 0.3) is 0 Å². The third-order valence-corrected chi connectivity index (χ3v) is 2.88. The lowest BCUT2D eigenvalue weighted by molar-refractivity contribution is 0.211. The van der Waals surface area contributed by atoms with Crippen LogP contribution in [0.4, 0.5) is 0 Å². The predicted molar refractivity (Wildman–Crippen MR) is 54.6 cm³/mol. The van der Waals surface area contributed by atoms with E-state index < -0.39 is 0 Å². The van der Waals surface area contributed by atoms with Crippen LogP contribution in [-0.2, 0) is 7.05 Å². The number of rotatable bonds is 2. The Bertz CT molecular complexity index is 326. The summed E-state index contributed by atoms with van der Waals surface area (Å²) in [6.45, 7) is 6.10. The molecule has 0 aromatic carbocycles. The third kappa shape index (κ3) is 1.62. The highest BCUT2D eigenvalue weighted by molar-refractivity contribution is 5.28. The van der Waals surface area contributed by atoms with Crippen LogP contribution >= 0.6 is 0 Å². The van der Waals surface area contributed by atoms with Crippen molar-refractivity contribution in [3.05, 3.63) is 11.3 Å². The van der Waals surface area contributed by atoms with Crippen LogP contribution in [-0.4, -0.2) is 29.0 Å². The standard InChI is InChI=1S/C10H17N3O/c1-7-8(2)13(3)12-10(7)14-9-4-5-11-6-9/h9,11H,4-6H2,1-3H3/t9-/m0/s1. The molecule has 0 saturated carbocycles. The first-order valence-corrected chi connectivity index (χ1v) is 5.06. The molecular formula is C10H17N3O. The molecule has 0 bridgehead atoms. The summed E-state index contributed by atoms with van der Waals surface area (Å²) in [5, 5.41) is 7.61. The molecule has 0 unspecified atom stereocenters. The topological polar surface area (TPSA) is 39.1 Å². The van der Waals surface area contributed by atoms with Crippen LogP contribution in [0, 0.1) is 13.8 Å². The van der Waals surface area contributed by atoms with Crippen LogP contribution in [0.3, 0.4) is 0 Å². The maximum Gasteiger partial charge on any atom is 0.236 e. The van der Waals surface area contributed by atoms with Gasteiger partial charge < -0.3 is 10.1 Å². The zero-order valence-corrected chi connectivity index (χ0v) is 9.00. The van der Waals surface area contributed by atoms with Gasteiger partial charge in [0.1, 0.15) is 6.10 Å². The van der Waals surface area contributed by atoms with Gasteiger partial charge in [0, 0.05) is 24.8 Å². The van der Waals surface area contributed by atoms with Gasteiger partial charge in [-0.15, -0.1) is 5.10 Å². The molecule has 2 heterocycles. The van der Waals surface area contributed by atoms with Crippen molar-refractivity contribution >= 4 is 0 Å². The first-order chi connectivity index (χ1) is 6.68. The minimum atomic E-state index is 0.294. The Kier molecular flexibility index (Phi) is 2.46. The number of nitrogens with one attached hydrogen (secondary N) is 1. The Labute approximate surface area is 84.3 Å². The average molecular weight is 195 g/mol. The van der Waals surface area contributed by atoms with Crippen LogP contribution in [0.2, 0.25) is 0 Å². The summed E-state index contributed by atoms with van der Waals surface area (Å²) < 4.78 is 7.68. The number of aryl methyl sites for hydroxylation is 1. The molecule has 1 N–H and O–H groups in total. The molecule has 2 rings (SSSR count). The van der Waals surface area contributed by atoms with Crippen molar-refractivity contribution < 1.29 is 4.74 Å².